The second-order valence-corrected chi connectivity index (χ2v) is 6.92. The van der Waals surface area contributed by atoms with Crippen molar-refractivity contribution in [2.45, 2.75) is 33.4 Å². The average molecular weight is 419 g/mol. The van der Waals surface area contributed by atoms with E-state index in [2.05, 4.69) is 15.6 Å². The maximum absolute atomic E-state index is 5.95. The summed E-state index contributed by atoms with van der Waals surface area (Å²) >= 11 is 11.2. The van der Waals surface area contributed by atoms with Crippen molar-refractivity contribution in [1.82, 2.24) is 14.9 Å². The molecule has 1 heterocycles. The van der Waals surface area contributed by atoms with Crippen molar-refractivity contribution in [3.63, 3.8) is 0 Å². The number of benzene rings is 2. The molecule has 148 valence electrons. The summed E-state index contributed by atoms with van der Waals surface area (Å²) < 4.78 is 14.1. The molecule has 0 saturated heterocycles. The minimum Gasteiger partial charge on any atom is -0.490 e. The van der Waals surface area contributed by atoms with Crippen molar-refractivity contribution in [3.05, 3.63) is 69.2 Å². The largest absolute Gasteiger partial charge is 0.490 e. The molecule has 0 amide bonds. The van der Waals surface area contributed by atoms with E-state index in [4.69, 9.17) is 33.3 Å². The van der Waals surface area contributed by atoms with Gasteiger partial charge in [-0.2, -0.15) is 5.10 Å². The van der Waals surface area contributed by atoms with Gasteiger partial charge in [0.1, 0.15) is 6.61 Å². The summed E-state index contributed by atoms with van der Waals surface area (Å²) in [6.07, 6.45) is 0.780. The van der Waals surface area contributed by atoms with Gasteiger partial charge in [0.15, 0.2) is 17.3 Å². The van der Waals surface area contributed by atoms with E-state index in [9.17, 15) is 0 Å². The van der Waals surface area contributed by atoms with Crippen molar-refractivity contribution in [1.29, 1.82) is 0 Å². The molecular weight excluding hydrogens is 396 g/mol. The summed E-state index contributed by atoms with van der Waals surface area (Å²) in [6, 6.07) is 13.5. The normalized spacial score (nSPS) is 10.7. The molecular formula is C20H23ClN4O2S. The molecule has 3 rings (SSSR count). The number of nitrogens with one attached hydrogen (secondary N) is 2. The van der Waals surface area contributed by atoms with Crippen LogP contribution in [0.4, 0.5) is 0 Å². The Kier molecular flexibility index (Phi) is 6.95. The maximum Gasteiger partial charge on any atom is 0.214 e. The molecule has 0 aliphatic rings. The van der Waals surface area contributed by atoms with Crippen LogP contribution in [0.3, 0.4) is 0 Å². The predicted molar refractivity (Wildman–Crippen MR) is 113 cm³/mol. The van der Waals surface area contributed by atoms with E-state index in [-0.39, 0.29) is 0 Å². The molecule has 0 radical (unpaired) electrons. The van der Waals surface area contributed by atoms with Crippen molar-refractivity contribution in [2.24, 2.45) is 0 Å². The van der Waals surface area contributed by atoms with Gasteiger partial charge in [0.05, 0.1) is 13.2 Å². The number of aryl methyl sites for hydroxylation is 1. The number of hydrogen-bond donors (Lipinski definition) is 2. The Labute approximate surface area is 174 Å². The van der Waals surface area contributed by atoms with E-state index >= 15 is 0 Å². The van der Waals surface area contributed by atoms with E-state index in [0.717, 1.165) is 23.4 Å². The standard InChI is InChI=1S/C20H23ClN4O2S/c1-3-19-23-24-20(28)25(19)22-12-15-7-10-17(18(11-15)26-4-2)27-13-14-5-8-16(21)9-6-14/h5-11,22H,3-4,12-13H2,1-2H3,(H,24,28). The number of ether oxygens (including phenoxy) is 2. The van der Waals surface area contributed by atoms with E-state index < -0.39 is 0 Å². The Morgan fingerprint density at radius 1 is 1.07 bits per heavy atom. The molecule has 2 aromatic carbocycles. The third-order valence-electron chi connectivity index (χ3n) is 4.11. The van der Waals surface area contributed by atoms with Crippen LogP contribution in [-0.2, 0) is 19.6 Å². The number of H-pyrrole nitrogens is 1. The zero-order valence-corrected chi connectivity index (χ0v) is 17.4. The summed E-state index contributed by atoms with van der Waals surface area (Å²) in [4.78, 5) is 0. The molecule has 1 aromatic heterocycles. The summed E-state index contributed by atoms with van der Waals surface area (Å²) in [5.74, 6) is 2.27. The molecule has 0 spiro atoms. The molecule has 0 saturated carbocycles. The van der Waals surface area contributed by atoms with Gasteiger partial charge in [0.2, 0.25) is 4.77 Å². The van der Waals surface area contributed by atoms with E-state index in [1.165, 1.54) is 0 Å². The third kappa shape index (κ3) is 5.05. The number of aromatic amines is 1. The third-order valence-corrected chi connectivity index (χ3v) is 4.64. The van der Waals surface area contributed by atoms with Crippen LogP contribution in [0.1, 0.15) is 30.8 Å². The highest BCUT2D eigenvalue weighted by molar-refractivity contribution is 7.71. The summed E-state index contributed by atoms with van der Waals surface area (Å²) in [7, 11) is 0. The molecule has 3 aromatic rings. The van der Waals surface area contributed by atoms with E-state index in [0.29, 0.717) is 41.1 Å². The van der Waals surface area contributed by atoms with Crippen LogP contribution in [-0.4, -0.2) is 21.5 Å². The highest BCUT2D eigenvalue weighted by atomic mass is 35.5. The van der Waals surface area contributed by atoms with Gasteiger partial charge in [-0.25, -0.2) is 4.68 Å². The Balaban J connectivity index is 1.70. The van der Waals surface area contributed by atoms with Crippen molar-refractivity contribution >= 4 is 23.8 Å². The lowest BCUT2D eigenvalue weighted by Crippen LogP contribution is -2.17. The van der Waals surface area contributed by atoms with Gasteiger partial charge in [-0.15, -0.1) is 0 Å². The summed E-state index contributed by atoms with van der Waals surface area (Å²) in [5.41, 5.74) is 5.38. The summed E-state index contributed by atoms with van der Waals surface area (Å²) in [5, 5.41) is 7.71. The maximum atomic E-state index is 5.95. The number of aromatic nitrogens is 3. The van der Waals surface area contributed by atoms with Gasteiger partial charge < -0.3 is 14.9 Å². The lowest BCUT2D eigenvalue weighted by atomic mass is 10.2. The first kappa shape index (κ1) is 20.2. The SMILES string of the molecule is CCOc1cc(CNn2c(CC)n[nH]c2=S)ccc1OCc1ccc(Cl)cc1. The molecule has 0 bridgehead atoms. The zero-order chi connectivity index (χ0) is 19.9. The monoisotopic (exact) mass is 418 g/mol. The second kappa shape index (κ2) is 9.61. The minimum absolute atomic E-state index is 0.443. The van der Waals surface area contributed by atoms with E-state index in [1.54, 1.807) is 4.68 Å². The lowest BCUT2D eigenvalue weighted by Gasteiger charge is -2.15. The Hall–Kier alpha value is -2.51. The van der Waals surface area contributed by atoms with Crippen LogP contribution >= 0.6 is 23.8 Å². The van der Waals surface area contributed by atoms with Gasteiger partial charge in [0.25, 0.3) is 0 Å². The first-order valence-corrected chi connectivity index (χ1v) is 9.92. The van der Waals surface area contributed by atoms with Crippen molar-refractivity contribution in [3.8, 4) is 11.5 Å². The van der Waals surface area contributed by atoms with Gasteiger partial charge in [-0.3, -0.25) is 5.10 Å². The quantitative estimate of drug-likeness (QED) is 0.485. The average Bonchev–Trinajstić information content (AvgIpc) is 3.06. The first-order chi connectivity index (χ1) is 13.6. The van der Waals surface area contributed by atoms with Crippen LogP contribution in [0.15, 0.2) is 42.5 Å². The Bertz CT molecular complexity index is 969. The van der Waals surface area contributed by atoms with Crippen LogP contribution in [0.5, 0.6) is 11.5 Å². The molecule has 28 heavy (non-hydrogen) atoms. The number of rotatable bonds is 9. The fourth-order valence-electron chi connectivity index (χ4n) is 2.69. The predicted octanol–water partition coefficient (Wildman–Crippen LogP) is 4.88. The molecule has 0 atom stereocenters. The van der Waals surface area contributed by atoms with Crippen molar-refractivity contribution in [2.75, 3.05) is 12.0 Å². The number of hydrogen-bond acceptors (Lipinski definition) is 5. The van der Waals surface area contributed by atoms with Gasteiger partial charge in [-0.1, -0.05) is 36.7 Å². The zero-order valence-electron chi connectivity index (χ0n) is 15.9. The molecule has 0 aliphatic heterocycles. The molecule has 2 N–H and O–H groups in total. The topological polar surface area (TPSA) is 64.1 Å². The number of nitrogens with zero attached hydrogens (tertiary/aromatic N) is 2. The van der Waals surface area contributed by atoms with Gasteiger partial charge in [0, 0.05) is 11.4 Å². The van der Waals surface area contributed by atoms with E-state index in [1.807, 2.05) is 56.3 Å². The van der Waals surface area contributed by atoms with Gasteiger partial charge in [-0.05, 0) is 54.5 Å². The van der Waals surface area contributed by atoms with Crippen LogP contribution < -0.4 is 14.9 Å². The van der Waals surface area contributed by atoms with Crippen LogP contribution in [0, 0.1) is 4.77 Å². The lowest BCUT2D eigenvalue weighted by molar-refractivity contribution is 0.269. The highest BCUT2D eigenvalue weighted by Gasteiger charge is 2.09. The summed E-state index contributed by atoms with van der Waals surface area (Å²) in [6.45, 7) is 5.56. The fraction of sp³-hybridized carbons (Fsp3) is 0.300. The molecule has 8 heteroatoms. The van der Waals surface area contributed by atoms with Gasteiger partial charge >= 0.3 is 0 Å². The molecule has 6 nitrogen and oxygen atoms in total. The highest BCUT2D eigenvalue weighted by Crippen LogP contribution is 2.29. The first-order valence-electron chi connectivity index (χ1n) is 9.13. The fourth-order valence-corrected chi connectivity index (χ4v) is 3.03. The Morgan fingerprint density at radius 2 is 1.82 bits per heavy atom. The van der Waals surface area contributed by atoms with Crippen LogP contribution in [0.2, 0.25) is 5.02 Å². The minimum atomic E-state index is 0.443. The molecule has 0 fully saturated rings. The van der Waals surface area contributed by atoms with Crippen molar-refractivity contribution < 1.29 is 9.47 Å². The Morgan fingerprint density at radius 3 is 2.54 bits per heavy atom. The molecule has 0 unspecified atom stereocenters. The molecule has 0 aliphatic carbocycles. The smallest absolute Gasteiger partial charge is 0.214 e. The number of halogens is 1. The van der Waals surface area contributed by atoms with Crippen LogP contribution in [0.25, 0.3) is 0 Å². The second-order valence-electron chi connectivity index (χ2n) is 6.10.